The summed E-state index contributed by atoms with van der Waals surface area (Å²) in [4.78, 5) is 0. The van der Waals surface area contributed by atoms with Crippen molar-refractivity contribution in [2.24, 2.45) is 0 Å². The van der Waals surface area contributed by atoms with Crippen LogP contribution in [0, 0.1) is 17.5 Å². The van der Waals surface area contributed by atoms with Gasteiger partial charge >= 0.3 is 0 Å². The van der Waals surface area contributed by atoms with E-state index in [1.165, 1.54) is 17.7 Å². The van der Waals surface area contributed by atoms with Crippen molar-refractivity contribution in [1.29, 1.82) is 0 Å². The summed E-state index contributed by atoms with van der Waals surface area (Å²) in [5.41, 5.74) is 5.32. The van der Waals surface area contributed by atoms with E-state index in [4.69, 9.17) is 0 Å². The molecular weight excluding hydrogens is 417 g/mol. The first-order valence-electron chi connectivity index (χ1n) is 11.1. The number of benzene rings is 4. The molecule has 0 aliphatic carbocycles. The lowest BCUT2D eigenvalue weighted by molar-refractivity contribution is 0.579. The molecule has 0 aliphatic heterocycles. The van der Waals surface area contributed by atoms with E-state index in [-0.39, 0.29) is 16.7 Å². The lowest BCUT2D eigenvalue weighted by Crippen LogP contribution is -1.93. The number of hydrogen-bond donors (Lipinski definition) is 0. The Balaban J connectivity index is 1.59. The topological polar surface area (TPSA) is 0 Å². The summed E-state index contributed by atoms with van der Waals surface area (Å²) in [7, 11) is 0. The van der Waals surface area contributed by atoms with Crippen LogP contribution in [0.25, 0.3) is 39.5 Å². The van der Waals surface area contributed by atoms with Crippen molar-refractivity contribution in [3.63, 3.8) is 0 Å². The fourth-order valence-electron chi connectivity index (χ4n) is 4.00. The second-order valence-corrected chi connectivity index (χ2v) is 8.07. The van der Waals surface area contributed by atoms with Gasteiger partial charge in [-0.1, -0.05) is 86.2 Å². The molecule has 0 nitrogen and oxygen atoms in total. The molecule has 0 fully saturated rings. The minimum Gasteiger partial charge on any atom is -0.206 e. The van der Waals surface area contributed by atoms with Gasteiger partial charge in [-0.3, -0.25) is 0 Å². The van der Waals surface area contributed by atoms with Gasteiger partial charge < -0.3 is 0 Å². The highest BCUT2D eigenvalue weighted by atomic mass is 19.1. The first-order valence-corrected chi connectivity index (χ1v) is 11.1. The van der Waals surface area contributed by atoms with Crippen LogP contribution in [-0.4, -0.2) is 0 Å². The van der Waals surface area contributed by atoms with Gasteiger partial charge in [0.25, 0.3) is 0 Å². The molecule has 3 heteroatoms. The molecule has 0 saturated carbocycles. The molecular formula is C30H25F3. The van der Waals surface area contributed by atoms with E-state index in [9.17, 15) is 13.2 Å². The summed E-state index contributed by atoms with van der Waals surface area (Å²) in [6.45, 7) is 3.85. The average molecular weight is 443 g/mol. The van der Waals surface area contributed by atoms with Crippen molar-refractivity contribution in [2.45, 2.75) is 26.7 Å². The standard InChI is InChI=1S/C30H25F3/c1-3-5-20-7-9-21(10-8-20)22-11-13-23(14-12-22)24-15-16-26(28(31)17-24)25-18-29(32)27(6-4-2)30(33)19-25/h4,6-19H,3,5H2,1-2H3/b6-4+. The van der Waals surface area contributed by atoms with Gasteiger partial charge in [0.15, 0.2) is 0 Å². The Bertz CT molecular complexity index is 1260. The first-order chi connectivity index (χ1) is 16.0. The highest BCUT2D eigenvalue weighted by Crippen LogP contribution is 2.31. The number of halogens is 3. The summed E-state index contributed by atoms with van der Waals surface area (Å²) in [6, 6.07) is 23.5. The lowest BCUT2D eigenvalue weighted by atomic mass is 9.96. The van der Waals surface area contributed by atoms with Crippen LogP contribution >= 0.6 is 0 Å². The van der Waals surface area contributed by atoms with E-state index in [2.05, 4.69) is 31.2 Å². The molecule has 4 aromatic carbocycles. The molecule has 0 heterocycles. The third-order valence-electron chi connectivity index (χ3n) is 5.74. The van der Waals surface area contributed by atoms with E-state index in [1.54, 1.807) is 25.1 Å². The molecule has 4 rings (SSSR count). The highest BCUT2D eigenvalue weighted by molar-refractivity contribution is 5.74. The zero-order valence-electron chi connectivity index (χ0n) is 18.7. The Morgan fingerprint density at radius 3 is 1.61 bits per heavy atom. The Hall–Kier alpha value is -3.59. The SMILES string of the molecule is C/C=C/c1c(F)cc(-c2ccc(-c3ccc(-c4ccc(CCC)cc4)cc3)cc2F)cc1F. The zero-order valence-corrected chi connectivity index (χ0v) is 18.7. The van der Waals surface area contributed by atoms with Crippen LogP contribution in [0.2, 0.25) is 0 Å². The van der Waals surface area contributed by atoms with Crippen LogP contribution in [0.4, 0.5) is 13.2 Å². The van der Waals surface area contributed by atoms with Gasteiger partial charge in [-0.05, 0) is 64.9 Å². The van der Waals surface area contributed by atoms with Crippen molar-refractivity contribution < 1.29 is 13.2 Å². The smallest absolute Gasteiger partial charge is 0.133 e. The van der Waals surface area contributed by atoms with Gasteiger partial charge in [0.1, 0.15) is 17.5 Å². The number of allylic oxidation sites excluding steroid dienone is 1. The predicted octanol–water partition coefficient (Wildman–Crippen LogP) is 9.09. The van der Waals surface area contributed by atoms with Gasteiger partial charge in [-0.25, -0.2) is 13.2 Å². The second-order valence-electron chi connectivity index (χ2n) is 8.07. The molecule has 0 unspecified atom stereocenters. The number of aryl methyl sites for hydroxylation is 1. The van der Waals surface area contributed by atoms with Crippen molar-refractivity contribution in [1.82, 2.24) is 0 Å². The van der Waals surface area contributed by atoms with Crippen molar-refractivity contribution in [2.75, 3.05) is 0 Å². The quantitative estimate of drug-likeness (QED) is 0.279. The number of hydrogen-bond acceptors (Lipinski definition) is 0. The second kappa shape index (κ2) is 9.91. The maximum atomic E-state index is 14.9. The van der Waals surface area contributed by atoms with Crippen LogP contribution in [0.15, 0.2) is 84.9 Å². The fourth-order valence-corrected chi connectivity index (χ4v) is 4.00. The highest BCUT2D eigenvalue weighted by Gasteiger charge is 2.13. The van der Waals surface area contributed by atoms with E-state index in [1.807, 2.05) is 24.3 Å². The molecule has 0 spiro atoms. The van der Waals surface area contributed by atoms with Gasteiger partial charge in [-0.2, -0.15) is 0 Å². The van der Waals surface area contributed by atoms with Crippen LogP contribution in [0.5, 0.6) is 0 Å². The third kappa shape index (κ3) is 4.93. The predicted molar refractivity (Wildman–Crippen MR) is 131 cm³/mol. The zero-order chi connectivity index (χ0) is 23.4. The Labute approximate surface area is 193 Å². The average Bonchev–Trinajstić information content (AvgIpc) is 2.82. The van der Waals surface area contributed by atoms with Crippen LogP contribution in [-0.2, 0) is 6.42 Å². The van der Waals surface area contributed by atoms with Crippen molar-refractivity contribution >= 4 is 6.08 Å². The van der Waals surface area contributed by atoms with Crippen LogP contribution < -0.4 is 0 Å². The molecule has 0 aromatic heterocycles. The molecule has 166 valence electrons. The van der Waals surface area contributed by atoms with E-state index in [0.717, 1.165) is 41.7 Å². The molecule has 0 saturated heterocycles. The Kier molecular flexibility index (Phi) is 6.79. The monoisotopic (exact) mass is 442 g/mol. The van der Waals surface area contributed by atoms with Crippen molar-refractivity contribution in [3.8, 4) is 33.4 Å². The van der Waals surface area contributed by atoms with Crippen molar-refractivity contribution in [3.05, 3.63) is 114 Å². The maximum Gasteiger partial charge on any atom is 0.133 e. The minimum absolute atomic E-state index is 0.127. The van der Waals surface area contributed by atoms with Gasteiger partial charge in [-0.15, -0.1) is 0 Å². The number of rotatable bonds is 6. The molecule has 0 amide bonds. The molecule has 0 bridgehead atoms. The molecule has 33 heavy (non-hydrogen) atoms. The van der Waals surface area contributed by atoms with E-state index >= 15 is 0 Å². The normalized spacial score (nSPS) is 11.3. The molecule has 0 radical (unpaired) electrons. The molecule has 0 N–H and O–H groups in total. The minimum atomic E-state index is -0.718. The van der Waals surface area contributed by atoms with E-state index < -0.39 is 17.5 Å². The summed E-state index contributed by atoms with van der Waals surface area (Å²) in [6.07, 6.45) is 5.11. The van der Waals surface area contributed by atoms with Crippen LogP contribution in [0.3, 0.4) is 0 Å². The largest absolute Gasteiger partial charge is 0.206 e. The summed E-state index contributed by atoms with van der Waals surface area (Å²) in [5, 5.41) is 0. The van der Waals surface area contributed by atoms with Gasteiger partial charge in [0.05, 0.1) is 0 Å². The van der Waals surface area contributed by atoms with Gasteiger partial charge in [0, 0.05) is 11.1 Å². The third-order valence-corrected chi connectivity index (χ3v) is 5.74. The first kappa shape index (κ1) is 22.6. The lowest BCUT2D eigenvalue weighted by Gasteiger charge is -2.10. The summed E-state index contributed by atoms with van der Waals surface area (Å²) >= 11 is 0. The summed E-state index contributed by atoms with van der Waals surface area (Å²) < 4.78 is 43.5. The fraction of sp³-hybridized carbons (Fsp3) is 0.133. The van der Waals surface area contributed by atoms with Crippen LogP contribution in [0.1, 0.15) is 31.4 Å². The van der Waals surface area contributed by atoms with E-state index in [0.29, 0.717) is 5.56 Å². The van der Waals surface area contributed by atoms with Gasteiger partial charge in [0.2, 0.25) is 0 Å². The summed E-state index contributed by atoms with van der Waals surface area (Å²) in [5.74, 6) is -1.96. The molecule has 0 aliphatic rings. The maximum absolute atomic E-state index is 14.9. The molecule has 4 aromatic rings. The Morgan fingerprint density at radius 1 is 0.606 bits per heavy atom. The molecule has 0 atom stereocenters. The Morgan fingerprint density at radius 2 is 1.09 bits per heavy atom.